The first-order chi connectivity index (χ1) is 13.1. The van der Waals surface area contributed by atoms with E-state index in [1.165, 1.54) is 10.5 Å². The maximum absolute atomic E-state index is 13.2. The van der Waals surface area contributed by atoms with Crippen molar-refractivity contribution < 1.29 is 14.7 Å². The Morgan fingerprint density at radius 1 is 1.15 bits per heavy atom. The Bertz CT molecular complexity index is 870. The van der Waals surface area contributed by atoms with Crippen molar-refractivity contribution in [3.63, 3.8) is 0 Å². The average molecular weight is 367 g/mol. The number of aromatic nitrogens is 2. The van der Waals surface area contributed by atoms with Gasteiger partial charge in [-0.1, -0.05) is 19.1 Å². The standard InChI is InChI=1S/C21H25N3O3/c1-2-14-9-11-15(12-10-14)24-17-8-5-6-16(17)19(22-24)20(25)23-13-4-3-7-18(23)21(26)27/h9-12,18H,2-8,13H2,1H3,(H,26,27)/t18-/m1/s1. The van der Waals surface area contributed by atoms with Gasteiger partial charge < -0.3 is 10.0 Å². The largest absolute Gasteiger partial charge is 0.480 e. The van der Waals surface area contributed by atoms with E-state index in [2.05, 4.69) is 24.2 Å². The second-order valence-electron chi connectivity index (χ2n) is 7.41. The minimum Gasteiger partial charge on any atom is -0.480 e. The first-order valence-electron chi connectivity index (χ1n) is 9.84. The Morgan fingerprint density at radius 2 is 1.93 bits per heavy atom. The van der Waals surface area contributed by atoms with Gasteiger partial charge >= 0.3 is 5.97 Å². The van der Waals surface area contributed by atoms with Gasteiger partial charge in [-0.2, -0.15) is 5.10 Å². The van der Waals surface area contributed by atoms with Gasteiger partial charge in [0.2, 0.25) is 0 Å². The lowest BCUT2D eigenvalue weighted by molar-refractivity contribution is -0.143. The zero-order valence-corrected chi connectivity index (χ0v) is 15.6. The highest BCUT2D eigenvalue weighted by Gasteiger charge is 2.36. The minimum atomic E-state index is -0.922. The molecular formula is C21H25N3O3. The van der Waals surface area contributed by atoms with E-state index in [1.807, 2.05) is 16.8 Å². The lowest BCUT2D eigenvalue weighted by Gasteiger charge is -2.32. The summed E-state index contributed by atoms with van der Waals surface area (Å²) in [6, 6.07) is 7.52. The minimum absolute atomic E-state index is 0.232. The number of nitrogens with zero attached hydrogens (tertiary/aromatic N) is 3. The third-order valence-corrected chi connectivity index (χ3v) is 5.77. The monoisotopic (exact) mass is 367 g/mol. The number of fused-ring (bicyclic) bond motifs is 1. The van der Waals surface area contributed by atoms with E-state index in [1.54, 1.807) is 0 Å². The molecule has 6 nitrogen and oxygen atoms in total. The van der Waals surface area contributed by atoms with Crippen LogP contribution in [-0.4, -0.2) is 44.3 Å². The molecule has 0 radical (unpaired) electrons. The number of aryl methyl sites for hydroxylation is 1. The zero-order valence-electron chi connectivity index (χ0n) is 15.6. The van der Waals surface area contributed by atoms with Gasteiger partial charge in [-0.3, -0.25) is 4.79 Å². The molecule has 2 aliphatic rings. The molecule has 1 aliphatic carbocycles. The van der Waals surface area contributed by atoms with E-state index in [9.17, 15) is 14.7 Å². The number of aliphatic carboxylic acids is 1. The molecule has 0 bridgehead atoms. The summed E-state index contributed by atoms with van der Waals surface area (Å²) >= 11 is 0. The quantitative estimate of drug-likeness (QED) is 0.901. The smallest absolute Gasteiger partial charge is 0.326 e. The predicted octanol–water partition coefficient (Wildman–Crippen LogP) is 3.00. The number of carboxylic acids is 1. The van der Waals surface area contributed by atoms with Gasteiger partial charge in [0.15, 0.2) is 5.69 Å². The highest BCUT2D eigenvalue weighted by molar-refractivity contribution is 5.96. The lowest BCUT2D eigenvalue weighted by Crippen LogP contribution is -2.48. The normalized spacial score (nSPS) is 19.1. The van der Waals surface area contributed by atoms with Crippen LogP contribution in [0.3, 0.4) is 0 Å². The van der Waals surface area contributed by atoms with Gasteiger partial charge in [-0.05, 0) is 62.6 Å². The number of carbonyl (C=O) groups excluding carboxylic acids is 1. The van der Waals surface area contributed by atoms with Crippen LogP contribution in [0.15, 0.2) is 24.3 Å². The number of benzene rings is 1. The van der Waals surface area contributed by atoms with Gasteiger partial charge in [0.05, 0.1) is 5.69 Å². The van der Waals surface area contributed by atoms with E-state index in [-0.39, 0.29) is 5.91 Å². The third kappa shape index (κ3) is 3.13. The summed E-state index contributed by atoms with van der Waals surface area (Å²) in [7, 11) is 0. The summed E-state index contributed by atoms with van der Waals surface area (Å²) in [5.74, 6) is -1.15. The lowest BCUT2D eigenvalue weighted by atomic mass is 10.0. The second kappa shape index (κ2) is 7.18. The van der Waals surface area contributed by atoms with E-state index in [0.29, 0.717) is 18.7 Å². The first kappa shape index (κ1) is 17.8. The summed E-state index contributed by atoms with van der Waals surface area (Å²) in [6.07, 6.45) is 5.91. The molecule has 1 aromatic heterocycles. The number of piperidine rings is 1. The first-order valence-corrected chi connectivity index (χ1v) is 9.84. The van der Waals surface area contributed by atoms with E-state index < -0.39 is 12.0 Å². The summed E-state index contributed by atoms with van der Waals surface area (Å²) in [6.45, 7) is 2.61. The Hall–Kier alpha value is -2.63. The number of hydrogen-bond donors (Lipinski definition) is 1. The molecule has 1 saturated heterocycles. The van der Waals surface area contributed by atoms with E-state index in [0.717, 1.165) is 55.5 Å². The van der Waals surface area contributed by atoms with Crippen LogP contribution >= 0.6 is 0 Å². The summed E-state index contributed by atoms with van der Waals surface area (Å²) in [4.78, 5) is 26.3. The number of carboxylic acid groups (broad SMARTS) is 1. The van der Waals surface area contributed by atoms with Crippen molar-refractivity contribution in [3.8, 4) is 5.69 Å². The van der Waals surface area contributed by atoms with Crippen LogP contribution < -0.4 is 0 Å². The fraction of sp³-hybridized carbons (Fsp3) is 0.476. The summed E-state index contributed by atoms with van der Waals surface area (Å²) in [5, 5.41) is 14.2. The van der Waals surface area contributed by atoms with Gasteiger partial charge in [0.1, 0.15) is 6.04 Å². The van der Waals surface area contributed by atoms with Gasteiger partial charge in [0, 0.05) is 17.8 Å². The molecule has 2 aromatic rings. The summed E-state index contributed by atoms with van der Waals surface area (Å²) in [5.41, 5.74) is 4.74. The maximum atomic E-state index is 13.2. The molecule has 4 rings (SSSR count). The number of likely N-dealkylation sites (tertiary alicyclic amines) is 1. The Morgan fingerprint density at radius 3 is 2.63 bits per heavy atom. The van der Waals surface area contributed by atoms with Crippen LogP contribution in [-0.2, 0) is 24.1 Å². The van der Waals surface area contributed by atoms with Crippen molar-refractivity contribution in [2.24, 2.45) is 0 Å². The molecule has 142 valence electrons. The SMILES string of the molecule is CCc1ccc(-n2nc(C(=O)N3CCCC[C@@H]3C(=O)O)c3c2CCC3)cc1. The van der Waals surface area contributed by atoms with Crippen LogP contribution in [0.25, 0.3) is 5.69 Å². The zero-order chi connectivity index (χ0) is 19.0. The summed E-state index contributed by atoms with van der Waals surface area (Å²) < 4.78 is 1.88. The number of rotatable bonds is 4. The molecule has 2 heterocycles. The Balaban J connectivity index is 1.71. The maximum Gasteiger partial charge on any atom is 0.326 e. The van der Waals surface area contributed by atoms with Gasteiger partial charge in [-0.15, -0.1) is 0 Å². The molecule has 0 saturated carbocycles. The van der Waals surface area contributed by atoms with Gasteiger partial charge in [0.25, 0.3) is 5.91 Å². The molecule has 1 amide bonds. The van der Waals surface area contributed by atoms with E-state index >= 15 is 0 Å². The molecule has 1 fully saturated rings. The molecule has 1 aliphatic heterocycles. The van der Waals surface area contributed by atoms with Crippen molar-refractivity contribution in [1.29, 1.82) is 0 Å². The number of carbonyl (C=O) groups is 2. The van der Waals surface area contributed by atoms with Crippen LogP contribution in [0.4, 0.5) is 0 Å². The molecule has 6 heteroatoms. The fourth-order valence-electron chi connectivity index (χ4n) is 4.26. The second-order valence-corrected chi connectivity index (χ2v) is 7.41. The number of hydrogen-bond acceptors (Lipinski definition) is 3. The van der Waals surface area contributed by atoms with Crippen molar-refractivity contribution >= 4 is 11.9 Å². The fourth-order valence-corrected chi connectivity index (χ4v) is 4.26. The highest BCUT2D eigenvalue weighted by atomic mass is 16.4. The highest BCUT2D eigenvalue weighted by Crippen LogP contribution is 2.30. The predicted molar refractivity (Wildman–Crippen MR) is 101 cm³/mol. The van der Waals surface area contributed by atoms with Crippen LogP contribution in [0.2, 0.25) is 0 Å². The van der Waals surface area contributed by atoms with Crippen LogP contribution in [0, 0.1) is 0 Å². The molecule has 1 N–H and O–H groups in total. The van der Waals surface area contributed by atoms with Gasteiger partial charge in [-0.25, -0.2) is 9.48 Å². The van der Waals surface area contributed by atoms with Crippen molar-refractivity contribution in [1.82, 2.24) is 14.7 Å². The number of amides is 1. The molecule has 27 heavy (non-hydrogen) atoms. The van der Waals surface area contributed by atoms with Crippen molar-refractivity contribution in [2.45, 2.75) is 57.9 Å². The van der Waals surface area contributed by atoms with Crippen LogP contribution in [0.5, 0.6) is 0 Å². The molecule has 0 unspecified atom stereocenters. The van der Waals surface area contributed by atoms with E-state index in [4.69, 9.17) is 0 Å². The van der Waals surface area contributed by atoms with Crippen LogP contribution in [0.1, 0.15) is 59.9 Å². The third-order valence-electron chi connectivity index (χ3n) is 5.77. The molecule has 0 spiro atoms. The molecular weight excluding hydrogens is 342 g/mol. The Labute approximate surface area is 158 Å². The average Bonchev–Trinajstić information content (AvgIpc) is 3.30. The topological polar surface area (TPSA) is 75.4 Å². The molecule has 1 aromatic carbocycles. The van der Waals surface area contributed by atoms with Crippen molar-refractivity contribution in [2.75, 3.05) is 6.54 Å². The van der Waals surface area contributed by atoms with Crippen molar-refractivity contribution in [3.05, 3.63) is 46.8 Å². The Kier molecular flexibility index (Phi) is 4.72. The molecule has 1 atom stereocenters.